The molecule has 1 unspecified atom stereocenters. The molecule has 7 heteroatoms. The van der Waals surface area contributed by atoms with Gasteiger partial charge in [-0.1, -0.05) is 12.1 Å². The number of carbonyl (C=O) groups is 2. The number of rotatable bonds is 4. The minimum atomic E-state index is -0.553. The van der Waals surface area contributed by atoms with Crippen LogP contribution < -0.4 is 5.32 Å². The maximum Gasteiger partial charge on any atom is 0.274 e. The van der Waals surface area contributed by atoms with Crippen LogP contribution in [-0.2, 0) is 11.3 Å². The maximum absolute atomic E-state index is 12.5. The summed E-state index contributed by atoms with van der Waals surface area (Å²) < 4.78 is 5.26. The van der Waals surface area contributed by atoms with Gasteiger partial charge in [0.25, 0.3) is 5.91 Å². The smallest absolute Gasteiger partial charge is 0.274 e. The minimum Gasteiger partial charge on any atom is -0.445 e. The molecular weight excluding hydrogens is 320 g/mol. The minimum absolute atomic E-state index is 0.115. The topological polar surface area (TPSA) is 99.2 Å². The van der Waals surface area contributed by atoms with E-state index in [0.29, 0.717) is 36.7 Å². The van der Waals surface area contributed by atoms with Gasteiger partial charge in [-0.15, -0.1) is 0 Å². The number of likely N-dealkylation sites (tertiary alicyclic amines) is 1. The van der Waals surface area contributed by atoms with E-state index < -0.39 is 11.9 Å². The molecule has 0 radical (unpaired) electrons. The molecule has 2 aromatic rings. The number of hydrogen-bond acceptors (Lipinski definition) is 5. The van der Waals surface area contributed by atoms with Gasteiger partial charge in [0, 0.05) is 20.0 Å². The fraction of sp³-hybridized carbons (Fsp3) is 0.333. The fourth-order valence-electron chi connectivity index (χ4n) is 2.90. The van der Waals surface area contributed by atoms with Crippen LogP contribution >= 0.6 is 0 Å². The largest absolute Gasteiger partial charge is 0.445 e. The number of aryl methyl sites for hydroxylation is 2. The third-order valence-electron chi connectivity index (χ3n) is 4.18. The first-order valence-electron chi connectivity index (χ1n) is 8.00. The lowest BCUT2D eigenvalue weighted by Gasteiger charge is -2.17. The molecule has 7 nitrogen and oxygen atoms in total. The van der Waals surface area contributed by atoms with Gasteiger partial charge in [0.15, 0.2) is 11.6 Å². The second-order valence-electron chi connectivity index (χ2n) is 6.02. The first-order valence-corrected chi connectivity index (χ1v) is 8.00. The highest BCUT2D eigenvalue weighted by Crippen LogP contribution is 2.17. The standard InChI is InChI=1S/C18H18N4O3/c1-11-16(20-12(2)25-11)17(23)21-15-7-8-22(18(15)24)10-14-5-3-13(9-19)4-6-14/h3-6,15H,7-8,10H2,1-2H3,(H,21,23). The average molecular weight is 338 g/mol. The van der Waals surface area contributed by atoms with Crippen LogP contribution in [0.3, 0.4) is 0 Å². The zero-order valence-corrected chi connectivity index (χ0v) is 14.1. The predicted molar refractivity (Wildman–Crippen MR) is 88.4 cm³/mol. The van der Waals surface area contributed by atoms with Crippen LogP contribution in [0.1, 0.15) is 39.7 Å². The van der Waals surface area contributed by atoms with Crippen molar-refractivity contribution in [3.63, 3.8) is 0 Å². The van der Waals surface area contributed by atoms with Gasteiger partial charge in [-0.3, -0.25) is 9.59 Å². The van der Waals surface area contributed by atoms with Gasteiger partial charge in [-0.2, -0.15) is 5.26 Å². The van der Waals surface area contributed by atoms with E-state index in [1.165, 1.54) is 0 Å². The van der Waals surface area contributed by atoms with Crippen LogP contribution in [0.2, 0.25) is 0 Å². The van der Waals surface area contributed by atoms with Crippen LogP contribution in [0.15, 0.2) is 28.7 Å². The summed E-state index contributed by atoms with van der Waals surface area (Å²) in [7, 11) is 0. The number of hydrogen-bond donors (Lipinski definition) is 1. The Balaban J connectivity index is 1.62. The Labute approximate surface area is 145 Å². The Kier molecular flexibility index (Phi) is 4.52. The molecule has 1 aliphatic heterocycles. The van der Waals surface area contributed by atoms with Gasteiger partial charge in [-0.25, -0.2) is 4.98 Å². The number of aromatic nitrogens is 1. The molecule has 128 valence electrons. The van der Waals surface area contributed by atoms with Crippen molar-refractivity contribution < 1.29 is 14.0 Å². The Morgan fingerprint density at radius 1 is 1.40 bits per heavy atom. The Morgan fingerprint density at radius 2 is 2.12 bits per heavy atom. The second kappa shape index (κ2) is 6.77. The summed E-state index contributed by atoms with van der Waals surface area (Å²) in [5, 5.41) is 11.6. The van der Waals surface area contributed by atoms with Crippen molar-refractivity contribution in [1.29, 1.82) is 5.26 Å². The van der Waals surface area contributed by atoms with Gasteiger partial charge < -0.3 is 14.6 Å². The maximum atomic E-state index is 12.5. The fourth-order valence-corrected chi connectivity index (χ4v) is 2.90. The van der Waals surface area contributed by atoms with Crippen molar-refractivity contribution in [2.45, 2.75) is 32.9 Å². The van der Waals surface area contributed by atoms with Gasteiger partial charge in [-0.05, 0) is 31.0 Å². The van der Waals surface area contributed by atoms with Crippen LogP contribution in [0, 0.1) is 25.2 Å². The van der Waals surface area contributed by atoms with Crippen LogP contribution in [0.5, 0.6) is 0 Å². The number of nitrogens with zero attached hydrogens (tertiary/aromatic N) is 3. The third-order valence-corrected chi connectivity index (χ3v) is 4.18. The van der Waals surface area contributed by atoms with Crippen LogP contribution in [-0.4, -0.2) is 34.3 Å². The molecule has 1 saturated heterocycles. The van der Waals surface area contributed by atoms with Crippen molar-refractivity contribution in [2.75, 3.05) is 6.54 Å². The number of nitriles is 1. The summed E-state index contributed by atoms with van der Waals surface area (Å²) in [4.78, 5) is 30.5. The first kappa shape index (κ1) is 16.7. The highest BCUT2D eigenvalue weighted by Gasteiger charge is 2.33. The first-order chi connectivity index (χ1) is 12.0. The Hall–Kier alpha value is -3.14. The molecule has 25 heavy (non-hydrogen) atoms. The molecule has 1 aliphatic rings. The molecule has 1 aromatic heterocycles. The molecular formula is C18H18N4O3. The highest BCUT2D eigenvalue weighted by molar-refractivity contribution is 5.97. The molecule has 0 spiro atoms. The molecule has 1 aromatic carbocycles. The lowest BCUT2D eigenvalue weighted by Crippen LogP contribution is -2.41. The van der Waals surface area contributed by atoms with E-state index in [0.717, 1.165) is 5.56 Å². The van der Waals surface area contributed by atoms with Gasteiger partial charge in [0.05, 0.1) is 11.6 Å². The zero-order valence-electron chi connectivity index (χ0n) is 14.1. The monoisotopic (exact) mass is 338 g/mol. The number of nitrogens with one attached hydrogen (secondary N) is 1. The van der Waals surface area contributed by atoms with E-state index in [9.17, 15) is 9.59 Å². The SMILES string of the molecule is Cc1nc(C(=O)NC2CCN(Cc3ccc(C#N)cc3)C2=O)c(C)o1. The predicted octanol–water partition coefficient (Wildman–Crippen LogP) is 1.69. The van der Waals surface area contributed by atoms with E-state index in [1.807, 2.05) is 12.1 Å². The van der Waals surface area contributed by atoms with E-state index >= 15 is 0 Å². The zero-order chi connectivity index (χ0) is 18.0. The van der Waals surface area contributed by atoms with Crippen molar-refractivity contribution in [1.82, 2.24) is 15.2 Å². The Morgan fingerprint density at radius 3 is 2.72 bits per heavy atom. The molecule has 0 saturated carbocycles. The van der Waals surface area contributed by atoms with E-state index in [2.05, 4.69) is 16.4 Å². The van der Waals surface area contributed by atoms with E-state index in [4.69, 9.17) is 9.68 Å². The normalized spacial score (nSPS) is 16.8. The van der Waals surface area contributed by atoms with Gasteiger partial charge in [0.2, 0.25) is 5.91 Å². The average Bonchev–Trinajstić information content (AvgIpc) is 3.11. The summed E-state index contributed by atoms with van der Waals surface area (Å²) in [5.41, 5.74) is 1.75. The van der Waals surface area contributed by atoms with Crippen molar-refractivity contribution in [3.05, 3.63) is 52.7 Å². The van der Waals surface area contributed by atoms with Crippen LogP contribution in [0.25, 0.3) is 0 Å². The lowest BCUT2D eigenvalue weighted by atomic mass is 10.1. The number of amides is 2. The van der Waals surface area contributed by atoms with Crippen molar-refractivity contribution in [2.24, 2.45) is 0 Å². The van der Waals surface area contributed by atoms with Crippen LogP contribution in [0.4, 0.5) is 0 Å². The molecule has 3 rings (SSSR count). The lowest BCUT2D eigenvalue weighted by molar-refractivity contribution is -0.129. The molecule has 2 amide bonds. The van der Waals surface area contributed by atoms with Gasteiger partial charge in [0.1, 0.15) is 11.8 Å². The quantitative estimate of drug-likeness (QED) is 0.914. The number of carbonyl (C=O) groups excluding carboxylic acids is 2. The summed E-state index contributed by atoms with van der Waals surface area (Å²) in [6.45, 7) is 4.37. The summed E-state index contributed by atoms with van der Waals surface area (Å²) in [5.74, 6) is 0.348. The summed E-state index contributed by atoms with van der Waals surface area (Å²) in [6.07, 6.45) is 0.552. The van der Waals surface area contributed by atoms with Crippen molar-refractivity contribution in [3.8, 4) is 6.07 Å². The number of benzene rings is 1. The number of oxazole rings is 1. The third kappa shape index (κ3) is 3.53. The molecule has 1 atom stereocenters. The van der Waals surface area contributed by atoms with E-state index in [1.54, 1.807) is 30.9 Å². The Bertz CT molecular complexity index is 848. The van der Waals surface area contributed by atoms with E-state index in [-0.39, 0.29) is 11.6 Å². The van der Waals surface area contributed by atoms with Crippen molar-refractivity contribution >= 4 is 11.8 Å². The molecule has 1 fully saturated rings. The second-order valence-corrected chi connectivity index (χ2v) is 6.02. The molecule has 0 bridgehead atoms. The molecule has 0 aliphatic carbocycles. The summed E-state index contributed by atoms with van der Waals surface area (Å²) >= 11 is 0. The molecule has 1 N–H and O–H groups in total. The van der Waals surface area contributed by atoms with Gasteiger partial charge >= 0.3 is 0 Å². The summed E-state index contributed by atoms with van der Waals surface area (Å²) in [6, 6.07) is 8.63. The highest BCUT2D eigenvalue weighted by atomic mass is 16.4. The molecule has 2 heterocycles.